The third kappa shape index (κ3) is 5.74. The van der Waals surface area contributed by atoms with E-state index in [2.05, 4.69) is 216 Å². The Hall–Kier alpha value is -6.42. The first-order chi connectivity index (χ1) is 25.3. The monoisotopic (exact) mass is 670 g/mol. The van der Waals surface area contributed by atoms with Crippen molar-refractivity contribution in [3.8, 4) is 20.9 Å². The maximum Gasteiger partial charge on any atom is 0.0620 e. The summed E-state index contributed by atoms with van der Waals surface area (Å²) in [6, 6.07) is 74.1. The largest absolute Gasteiger partial charge is 0.309 e. The molecule has 1 aromatic heterocycles. The highest BCUT2D eigenvalue weighted by atomic mass is 32.1. The maximum atomic E-state index is 2.43. The van der Waals surface area contributed by atoms with Gasteiger partial charge in [0, 0.05) is 54.0 Å². The Kier molecular flexibility index (Phi) is 8.09. The molecule has 9 aromatic rings. The van der Waals surface area contributed by atoms with Gasteiger partial charge in [-0.1, -0.05) is 140 Å². The number of nitrogens with zero attached hydrogens (tertiary/aromatic N) is 2. The lowest BCUT2D eigenvalue weighted by Gasteiger charge is -2.33. The first-order valence-corrected chi connectivity index (χ1v) is 18.1. The Morgan fingerprint density at radius 1 is 0.275 bits per heavy atom. The SMILES string of the molecule is c1ccc(-c2ccc(-c3ccc4c(N(c5ccccc5)c5ccccc5)c5ccccc5c(N(c5ccccc5)c5ccccc5)c4c3)s2)cc1. The molecule has 0 radical (unpaired) electrons. The molecule has 242 valence electrons. The predicted octanol–water partition coefficient (Wildman–Crippen LogP) is 14.3. The number of hydrogen-bond donors (Lipinski definition) is 0. The fourth-order valence-corrected chi connectivity index (χ4v) is 8.15. The second kappa shape index (κ2) is 13.5. The third-order valence-electron chi connectivity index (χ3n) is 9.42. The van der Waals surface area contributed by atoms with Gasteiger partial charge in [0.2, 0.25) is 0 Å². The summed E-state index contributed by atoms with van der Waals surface area (Å²) in [6.07, 6.45) is 0. The van der Waals surface area contributed by atoms with Gasteiger partial charge in [0.25, 0.3) is 0 Å². The van der Waals surface area contributed by atoms with E-state index in [0.717, 1.165) is 34.1 Å². The normalized spacial score (nSPS) is 11.1. The van der Waals surface area contributed by atoms with Gasteiger partial charge in [-0.3, -0.25) is 0 Å². The lowest BCUT2D eigenvalue weighted by Crippen LogP contribution is -2.14. The van der Waals surface area contributed by atoms with Crippen molar-refractivity contribution >= 4 is 67.0 Å². The zero-order valence-corrected chi connectivity index (χ0v) is 28.7. The number of anilines is 6. The van der Waals surface area contributed by atoms with Crippen molar-refractivity contribution in [1.29, 1.82) is 0 Å². The molecular formula is C48H34N2S. The van der Waals surface area contributed by atoms with Gasteiger partial charge in [-0.2, -0.15) is 0 Å². The van der Waals surface area contributed by atoms with E-state index in [9.17, 15) is 0 Å². The van der Waals surface area contributed by atoms with E-state index in [0.29, 0.717) is 0 Å². The van der Waals surface area contributed by atoms with Gasteiger partial charge >= 0.3 is 0 Å². The smallest absolute Gasteiger partial charge is 0.0620 e. The second-order valence-electron chi connectivity index (χ2n) is 12.5. The Labute approximate surface area is 302 Å². The van der Waals surface area contributed by atoms with Gasteiger partial charge in [0.05, 0.1) is 11.4 Å². The zero-order chi connectivity index (χ0) is 34.0. The summed E-state index contributed by atoms with van der Waals surface area (Å²) < 4.78 is 0. The second-order valence-corrected chi connectivity index (χ2v) is 13.6. The number of hydrogen-bond acceptors (Lipinski definition) is 3. The fourth-order valence-electron chi connectivity index (χ4n) is 7.14. The lowest BCUT2D eigenvalue weighted by molar-refractivity contribution is 1.29. The minimum Gasteiger partial charge on any atom is -0.309 e. The van der Waals surface area contributed by atoms with Crippen molar-refractivity contribution in [3.63, 3.8) is 0 Å². The highest BCUT2D eigenvalue weighted by Gasteiger charge is 2.25. The molecule has 51 heavy (non-hydrogen) atoms. The lowest BCUT2D eigenvalue weighted by atomic mass is 9.94. The average molecular weight is 671 g/mol. The van der Waals surface area contributed by atoms with Gasteiger partial charge in [0.1, 0.15) is 0 Å². The first-order valence-electron chi connectivity index (χ1n) is 17.3. The van der Waals surface area contributed by atoms with Crippen LogP contribution in [0, 0.1) is 0 Å². The van der Waals surface area contributed by atoms with Crippen molar-refractivity contribution in [1.82, 2.24) is 0 Å². The summed E-state index contributed by atoms with van der Waals surface area (Å²) in [5.41, 5.74) is 9.20. The highest BCUT2D eigenvalue weighted by Crippen LogP contribution is 2.51. The first kappa shape index (κ1) is 30.6. The standard InChI is InChI=1S/C48H34N2S/c1-6-18-35(19-7-1)45-32-33-46(51-45)36-30-31-43-44(34-36)48(50(39-24-12-4-13-25-39)40-26-14-5-15-27-40)42-29-17-16-28-41(42)47(43)49(37-20-8-2-9-21-37)38-22-10-3-11-23-38/h1-34H. The number of fused-ring (bicyclic) bond motifs is 2. The van der Waals surface area contributed by atoms with Crippen LogP contribution in [-0.4, -0.2) is 0 Å². The molecule has 0 atom stereocenters. The Bertz CT molecular complexity index is 2490. The van der Waals surface area contributed by atoms with Gasteiger partial charge < -0.3 is 9.80 Å². The van der Waals surface area contributed by atoms with Crippen LogP contribution in [0.4, 0.5) is 34.1 Å². The van der Waals surface area contributed by atoms with Crippen LogP contribution in [-0.2, 0) is 0 Å². The summed E-state index contributed by atoms with van der Waals surface area (Å²) in [5, 5.41) is 4.72. The molecule has 0 unspecified atom stereocenters. The third-order valence-corrected chi connectivity index (χ3v) is 10.6. The molecule has 1 heterocycles. The summed E-state index contributed by atoms with van der Waals surface area (Å²) in [4.78, 5) is 7.35. The van der Waals surface area contributed by atoms with Crippen molar-refractivity contribution in [2.75, 3.05) is 9.80 Å². The molecule has 0 aliphatic carbocycles. The number of rotatable bonds is 8. The van der Waals surface area contributed by atoms with Crippen molar-refractivity contribution in [2.45, 2.75) is 0 Å². The molecule has 2 nitrogen and oxygen atoms in total. The quantitative estimate of drug-likeness (QED) is 0.117. The molecule has 0 amide bonds. The molecule has 3 heteroatoms. The van der Waals surface area contributed by atoms with E-state index >= 15 is 0 Å². The molecule has 0 saturated carbocycles. The molecular weight excluding hydrogens is 637 g/mol. The van der Waals surface area contributed by atoms with E-state index in [1.807, 2.05) is 11.3 Å². The molecule has 0 N–H and O–H groups in total. The van der Waals surface area contributed by atoms with Crippen LogP contribution in [0.15, 0.2) is 206 Å². The van der Waals surface area contributed by atoms with Gasteiger partial charge in [-0.05, 0) is 77.9 Å². The van der Waals surface area contributed by atoms with E-state index in [4.69, 9.17) is 0 Å². The van der Waals surface area contributed by atoms with Crippen LogP contribution >= 0.6 is 11.3 Å². The zero-order valence-electron chi connectivity index (χ0n) is 27.9. The molecule has 0 spiro atoms. The maximum absolute atomic E-state index is 2.43. The summed E-state index contributed by atoms with van der Waals surface area (Å²) in [6.45, 7) is 0. The van der Waals surface area contributed by atoms with Crippen molar-refractivity contribution < 1.29 is 0 Å². The molecule has 0 saturated heterocycles. The fraction of sp³-hybridized carbons (Fsp3) is 0. The van der Waals surface area contributed by atoms with E-state index in [1.165, 1.54) is 42.4 Å². The number of benzene rings is 8. The molecule has 0 aliphatic rings. The van der Waals surface area contributed by atoms with Crippen molar-refractivity contribution in [3.05, 3.63) is 206 Å². The van der Waals surface area contributed by atoms with Crippen LogP contribution in [0.2, 0.25) is 0 Å². The minimum atomic E-state index is 1.11. The van der Waals surface area contributed by atoms with Crippen LogP contribution in [0.1, 0.15) is 0 Å². The van der Waals surface area contributed by atoms with Crippen LogP contribution in [0.25, 0.3) is 42.4 Å². The van der Waals surface area contributed by atoms with E-state index in [-0.39, 0.29) is 0 Å². The number of para-hydroxylation sites is 4. The summed E-state index contributed by atoms with van der Waals surface area (Å²) in [5.74, 6) is 0. The molecule has 0 bridgehead atoms. The average Bonchev–Trinajstić information content (AvgIpc) is 3.71. The summed E-state index contributed by atoms with van der Waals surface area (Å²) in [7, 11) is 0. The van der Waals surface area contributed by atoms with Gasteiger partial charge in [0.15, 0.2) is 0 Å². The summed E-state index contributed by atoms with van der Waals surface area (Å²) >= 11 is 1.84. The van der Waals surface area contributed by atoms with Crippen molar-refractivity contribution in [2.24, 2.45) is 0 Å². The van der Waals surface area contributed by atoms with E-state index in [1.54, 1.807) is 0 Å². The molecule has 9 rings (SSSR count). The Morgan fingerprint density at radius 3 is 1.08 bits per heavy atom. The Balaban J connectivity index is 1.39. The topological polar surface area (TPSA) is 6.48 Å². The molecule has 8 aromatic carbocycles. The van der Waals surface area contributed by atoms with Gasteiger partial charge in [-0.25, -0.2) is 0 Å². The van der Waals surface area contributed by atoms with Crippen LogP contribution < -0.4 is 9.80 Å². The minimum absolute atomic E-state index is 1.11. The van der Waals surface area contributed by atoms with Crippen LogP contribution in [0.3, 0.4) is 0 Å². The highest BCUT2D eigenvalue weighted by molar-refractivity contribution is 7.18. The molecule has 0 aliphatic heterocycles. The Morgan fingerprint density at radius 2 is 0.627 bits per heavy atom. The molecule has 0 fully saturated rings. The van der Waals surface area contributed by atoms with Crippen LogP contribution in [0.5, 0.6) is 0 Å². The predicted molar refractivity (Wildman–Crippen MR) is 220 cm³/mol. The van der Waals surface area contributed by atoms with Gasteiger partial charge in [-0.15, -0.1) is 11.3 Å². The number of thiophene rings is 1. The van der Waals surface area contributed by atoms with E-state index < -0.39 is 0 Å².